The normalized spacial score (nSPS) is 21.2. The molecule has 4 rings (SSSR count). The molecule has 0 radical (unpaired) electrons. The molecule has 2 fully saturated rings. The van der Waals surface area contributed by atoms with Crippen molar-refractivity contribution in [3.63, 3.8) is 0 Å². The Morgan fingerprint density at radius 1 is 1.32 bits per heavy atom. The number of aliphatic hydroxyl groups is 1. The van der Waals surface area contributed by atoms with Crippen molar-refractivity contribution in [3.05, 3.63) is 17.8 Å². The number of alkyl halides is 3. The number of rotatable bonds is 5. The van der Waals surface area contributed by atoms with Gasteiger partial charge >= 0.3 is 6.18 Å². The van der Waals surface area contributed by atoms with Gasteiger partial charge in [0.05, 0.1) is 12.0 Å². The second-order valence-corrected chi connectivity index (χ2v) is 8.51. The Kier molecular flexibility index (Phi) is 4.22. The molecule has 0 aliphatic heterocycles. The molecular weight excluding hydrogens is 373 g/mol. The topological polar surface area (TPSA) is 80.0 Å². The molecule has 1 atom stereocenters. The number of halogens is 3. The Morgan fingerprint density at radius 3 is 2.54 bits per heavy atom. The van der Waals surface area contributed by atoms with Crippen LogP contribution < -0.4 is 5.32 Å². The van der Waals surface area contributed by atoms with Gasteiger partial charge in [-0.3, -0.25) is 14.7 Å². The van der Waals surface area contributed by atoms with E-state index in [0.717, 1.165) is 38.2 Å². The maximum absolute atomic E-state index is 13.1. The monoisotopic (exact) mass is 396 g/mol. The molecular formula is C19H23F3N4O2. The van der Waals surface area contributed by atoms with Crippen LogP contribution in [0, 0.1) is 5.92 Å². The van der Waals surface area contributed by atoms with Crippen LogP contribution in [0.2, 0.25) is 0 Å². The van der Waals surface area contributed by atoms with Gasteiger partial charge in [-0.15, -0.1) is 0 Å². The van der Waals surface area contributed by atoms with Crippen LogP contribution in [0.5, 0.6) is 0 Å². The zero-order valence-corrected chi connectivity index (χ0v) is 15.8. The molecule has 6 nitrogen and oxygen atoms in total. The highest BCUT2D eigenvalue weighted by Gasteiger charge is 2.42. The predicted octanol–water partition coefficient (Wildman–Crippen LogP) is 3.84. The van der Waals surface area contributed by atoms with Gasteiger partial charge in [0.2, 0.25) is 11.9 Å². The second kappa shape index (κ2) is 6.17. The summed E-state index contributed by atoms with van der Waals surface area (Å²) in [6.45, 7) is 3.56. The molecule has 1 amide bonds. The van der Waals surface area contributed by atoms with Crippen LogP contribution in [0.4, 0.5) is 19.1 Å². The van der Waals surface area contributed by atoms with Gasteiger partial charge in [-0.2, -0.15) is 13.2 Å². The number of hydrogen-bond acceptors (Lipinski definition) is 4. The second-order valence-electron chi connectivity index (χ2n) is 8.51. The van der Waals surface area contributed by atoms with Crippen molar-refractivity contribution in [1.82, 2.24) is 14.5 Å². The van der Waals surface area contributed by atoms with Crippen molar-refractivity contribution in [2.24, 2.45) is 5.92 Å². The van der Waals surface area contributed by atoms with Crippen LogP contribution in [0.1, 0.15) is 58.1 Å². The van der Waals surface area contributed by atoms with E-state index in [0.29, 0.717) is 5.52 Å². The molecule has 9 heteroatoms. The first-order valence-corrected chi connectivity index (χ1v) is 9.49. The van der Waals surface area contributed by atoms with E-state index in [1.807, 2.05) is 6.92 Å². The average molecular weight is 396 g/mol. The lowest BCUT2D eigenvalue weighted by molar-refractivity contribution is -0.141. The maximum Gasteiger partial charge on any atom is 0.433 e. The predicted molar refractivity (Wildman–Crippen MR) is 96.6 cm³/mol. The van der Waals surface area contributed by atoms with Crippen LogP contribution in [-0.4, -0.2) is 31.1 Å². The van der Waals surface area contributed by atoms with Crippen molar-refractivity contribution < 1.29 is 23.1 Å². The van der Waals surface area contributed by atoms with E-state index in [4.69, 9.17) is 0 Å². The van der Waals surface area contributed by atoms with Crippen LogP contribution >= 0.6 is 0 Å². The first-order valence-electron chi connectivity index (χ1n) is 9.49. The fourth-order valence-electron chi connectivity index (χ4n) is 3.97. The number of amides is 1. The molecule has 0 unspecified atom stereocenters. The average Bonchev–Trinajstić information content (AvgIpc) is 3.34. The summed E-state index contributed by atoms with van der Waals surface area (Å²) in [6, 6.07) is 2.17. The maximum atomic E-state index is 13.1. The summed E-state index contributed by atoms with van der Waals surface area (Å²) in [5.74, 6) is -0.120. The number of nitrogens with one attached hydrogen (secondary N) is 1. The van der Waals surface area contributed by atoms with Crippen molar-refractivity contribution in [1.29, 1.82) is 0 Å². The van der Waals surface area contributed by atoms with E-state index in [2.05, 4.69) is 15.3 Å². The number of aromatic nitrogens is 3. The summed E-state index contributed by atoms with van der Waals surface area (Å²) in [5.41, 5.74) is -2.12. The standard InChI is InChI=1S/C19H23F3N4O2/c1-17(8-3-9-17)26-15-12(6-7-13(24-15)19(20,21)22)23-16(26)25-14(27)10-18(2,28)11-4-5-11/h6-7,11,28H,3-5,8-10H2,1-2H3,(H,23,25,27)/t18-/m0/s1. The van der Waals surface area contributed by atoms with Crippen LogP contribution in [0.25, 0.3) is 11.2 Å². The van der Waals surface area contributed by atoms with Gasteiger partial charge in [0, 0.05) is 5.54 Å². The lowest BCUT2D eigenvalue weighted by Gasteiger charge is -2.40. The molecule has 2 aliphatic rings. The fourth-order valence-corrected chi connectivity index (χ4v) is 3.97. The fraction of sp³-hybridized carbons (Fsp3) is 0.632. The molecule has 2 saturated carbocycles. The number of anilines is 1. The number of carbonyl (C=O) groups is 1. The number of hydrogen-bond donors (Lipinski definition) is 2. The molecule has 2 aromatic rings. The summed E-state index contributed by atoms with van der Waals surface area (Å²) >= 11 is 0. The van der Waals surface area contributed by atoms with Crippen LogP contribution in [-0.2, 0) is 16.5 Å². The lowest BCUT2D eigenvalue weighted by atomic mass is 9.78. The Balaban J connectivity index is 1.71. The van der Waals surface area contributed by atoms with Crippen molar-refractivity contribution in [2.75, 3.05) is 5.32 Å². The largest absolute Gasteiger partial charge is 0.433 e. The number of nitrogens with zero attached hydrogens (tertiary/aromatic N) is 3. The highest BCUT2D eigenvalue weighted by molar-refractivity contribution is 5.91. The highest BCUT2D eigenvalue weighted by atomic mass is 19.4. The van der Waals surface area contributed by atoms with Crippen molar-refractivity contribution in [2.45, 2.75) is 69.7 Å². The number of pyridine rings is 1. The van der Waals surface area contributed by atoms with E-state index in [1.165, 1.54) is 6.07 Å². The summed E-state index contributed by atoms with van der Waals surface area (Å²) in [6.07, 6.45) is -0.395. The molecule has 2 aromatic heterocycles. The molecule has 152 valence electrons. The molecule has 2 heterocycles. The van der Waals surface area contributed by atoms with Gasteiger partial charge in [-0.1, -0.05) is 0 Å². The Hall–Kier alpha value is -2.16. The SMILES string of the molecule is CC1(n2c(NC(=O)C[C@](C)(O)C3CC3)nc3ccc(C(F)(F)F)nc32)CCC1. The number of fused-ring (bicyclic) bond motifs is 1. The zero-order chi connectivity index (χ0) is 20.3. The van der Waals surface area contributed by atoms with Gasteiger partial charge < -0.3 is 5.11 Å². The molecule has 28 heavy (non-hydrogen) atoms. The quantitative estimate of drug-likeness (QED) is 0.805. The number of carbonyl (C=O) groups excluding carboxylic acids is 1. The minimum absolute atomic E-state index is 0.0845. The Labute approximate surface area is 160 Å². The van der Waals surface area contributed by atoms with E-state index in [-0.39, 0.29) is 23.9 Å². The Morgan fingerprint density at radius 2 is 2.00 bits per heavy atom. The van der Waals surface area contributed by atoms with Gasteiger partial charge in [-0.05, 0) is 64.0 Å². The molecule has 0 aromatic carbocycles. The van der Waals surface area contributed by atoms with Crippen LogP contribution in [0.15, 0.2) is 12.1 Å². The van der Waals surface area contributed by atoms with Crippen molar-refractivity contribution >= 4 is 23.0 Å². The van der Waals surface area contributed by atoms with E-state index in [9.17, 15) is 23.1 Å². The minimum Gasteiger partial charge on any atom is -0.389 e. The summed E-state index contributed by atoms with van der Waals surface area (Å²) in [7, 11) is 0. The summed E-state index contributed by atoms with van der Waals surface area (Å²) < 4.78 is 41.0. The minimum atomic E-state index is -4.56. The molecule has 2 N–H and O–H groups in total. The van der Waals surface area contributed by atoms with Gasteiger partial charge in [0.25, 0.3) is 0 Å². The first kappa shape index (κ1) is 19.2. The third-order valence-electron chi connectivity index (χ3n) is 5.99. The molecule has 2 aliphatic carbocycles. The third kappa shape index (κ3) is 3.36. The number of imidazole rings is 1. The van der Waals surface area contributed by atoms with E-state index >= 15 is 0 Å². The zero-order valence-electron chi connectivity index (χ0n) is 15.8. The van der Waals surface area contributed by atoms with E-state index < -0.39 is 28.9 Å². The third-order valence-corrected chi connectivity index (χ3v) is 5.99. The van der Waals surface area contributed by atoms with Crippen LogP contribution in [0.3, 0.4) is 0 Å². The Bertz CT molecular complexity index is 927. The summed E-state index contributed by atoms with van der Waals surface area (Å²) in [4.78, 5) is 20.7. The van der Waals surface area contributed by atoms with Gasteiger partial charge in [-0.25, -0.2) is 9.97 Å². The van der Waals surface area contributed by atoms with E-state index in [1.54, 1.807) is 11.5 Å². The first-order chi connectivity index (χ1) is 13.0. The molecule has 0 spiro atoms. The van der Waals surface area contributed by atoms with Crippen molar-refractivity contribution in [3.8, 4) is 0 Å². The summed E-state index contributed by atoms with van der Waals surface area (Å²) in [5, 5.41) is 13.1. The highest BCUT2D eigenvalue weighted by Crippen LogP contribution is 2.44. The van der Waals surface area contributed by atoms with Gasteiger partial charge in [0.15, 0.2) is 5.65 Å². The van der Waals surface area contributed by atoms with Gasteiger partial charge in [0.1, 0.15) is 11.2 Å². The smallest absolute Gasteiger partial charge is 0.389 e. The molecule has 0 bridgehead atoms. The molecule has 0 saturated heterocycles. The lowest BCUT2D eigenvalue weighted by Crippen LogP contribution is -2.39.